The van der Waals surface area contributed by atoms with Crippen LogP contribution in [0, 0.1) is 11.8 Å². The van der Waals surface area contributed by atoms with Gasteiger partial charge in [-0.3, -0.25) is 14.4 Å². The average molecular weight is 370 g/mol. The molecule has 0 radical (unpaired) electrons. The third-order valence-electron chi connectivity index (χ3n) is 4.31. The molecule has 1 atom stereocenters. The van der Waals surface area contributed by atoms with Gasteiger partial charge >= 0.3 is 17.9 Å². The van der Waals surface area contributed by atoms with E-state index in [1.807, 2.05) is 6.08 Å². The number of esters is 3. The van der Waals surface area contributed by atoms with Crippen LogP contribution >= 0.6 is 0 Å². The van der Waals surface area contributed by atoms with Gasteiger partial charge in [-0.25, -0.2) is 0 Å². The lowest BCUT2D eigenvalue weighted by molar-refractivity contribution is -0.166. The third-order valence-corrected chi connectivity index (χ3v) is 4.31. The number of ether oxygens (including phenoxy) is 3. The SMILES string of the molecule is CCCCCCCCCC/C=C\C(C(=O)OC)C(C(=O)OC)C(=O)OC. The lowest BCUT2D eigenvalue weighted by Gasteiger charge is -2.18. The van der Waals surface area contributed by atoms with Crippen LogP contribution in [0.4, 0.5) is 0 Å². The molecule has 0 N–H and O–H groups in total. The number of rotatable bonds is 14. The molecule has 0 saturated carbocycles. The summed E-state index contributed by atoms with van der Waals surface area (Å²) >= 11 is 0. The zero-order valence-corrected chi connectivity index (χ0v) is 16.6. The number of carbonyl (C=O) groups is 3. The van der Waals surface area contributed by atoms with Crippen molar-refractivity contribution in [2.75, 3.05) is 21.3 Å². The molecule has 150 valence electrons. The maximum absolute atomic E-state index is 12.0. The second kappa shape index (κ2) is 15.4. The van der Waals surface area contributed by atoms with Gasteiger partial charge in [0.2, 0.25) is 0 Å². The molecule has 0 aromatic rings. The van der Waals surface area contributed by atoms with Crippen LogP contribution in [0.25, 0.3) is 0 Å². The van der Waals surface area contributed by atoms with Crippen molar-refractivity contribution >= 4 is 17.9 Å². The molecule has 6 nitrogen and oxygen atoms in total. The van der Waals surface area contributed by atoms with E-state index in [0.29, 0.717) is 0 Å². The normalized spacial score (nSPS) is 12.2. The Bertz CT molecular complexity index is 428. The van der Waals surface area contributed by atoms with E-state index in [1.165, 1.54) is 45.6 Å². The van der Waals surface area contributed by atoms with Gasteiger partial charge in [0.25, 0.3) is 0 Å². The van der Waals surface area contributed by atoms with E-state index in [9.17, 15) is 14.4 Å². The van der Waals surface area contributed by atoms with Crippen molar-refractivity contribution in [2.24, 2.45) is 11.8 Å². The number of hydrogen-bond acceptors (Lipinski definition) is 6. The van der Waals surface area contributed by atoms with E-state index in [1.54, 1.807) is 6.08 Å². The molecule has 0 bridgehead atoms. The number of allylic oxidation sites excluding steroid dienone is 1. The number of hydrogen-bond donors (Lipinski definition) is 0. The second-order valence-corrected chi connectivity index (χ2v) is 6.26. The highest BCUT2D eigenvalue weighted by molar-refractivity contribution is 5.99. The Hall–Kier alpha value is -1.85. The Balaban J connectivity index is 4.52. The van der Waals surface area contributed by atoms with Crippen LogP contribution in [0.2, 0.25) is 0 Å². The lowest BCUT2D eigenvalue weighted by atomic mass is 9.91. The summed E-state index contributed by atoms with van der Waals surface area (Å²) in [7, 11) is 3.54. The zero-order chi connectivity index (χ0) is 19.8. The van der Waals surface area contributed by atoms with Gasteiger partial charge in [0.05, 0.1) is 27.2 Å². The molecule has 26 heavy (non-hydrogen) atoms. The van der Waals surface area contributed by atoms with E-state index in [4.69, 9.17) is 4.74 Å². The second-order valence-electron chi connectivity index (χ2n) is 6.26. The van der Waals surface area contributed by atoms with Crippen molar-refractivity contribution in [1.29, 1.82) is 0 Å². The minimum Gasteiger partial charge on any atom is -0.469 e. The van der Waals surface area contributed by atoms with Crippen molar-refractivity contribution in [3.63, 3.8) is 0 Å². The molecular formula is C20H34O6. The number of unbranched alkanes of at least 4 members (excludes halogenated alkanes) is 8. The highest BCUT2D eigenvalue weighted by Gasteiger charge is 2.40. The molecule has 0 heterocycles. The Morgan fingerprint density at radius 3 is 1.65 bits per heavy atom. The van der Waals surface area contributed by atoms with Crippen LogP contribution < -0.4 is 0 Å². The van der Waals surface area contributed by atoms with E-state index < -0.39 is 29.7 Å². The molecule has 0 amide bonds. The summed E-state index contributed by atoms with van der Waals surface area (Å²) in [4.78, 5) is 35.8. The first-order valence-corrected chi connectivity index (χ1v) is 9.43. The fourth-order valence-corrected chi connectivity index (χ4v) is 2.74. The molecule has 0 aliphatic carbocycles. The molecular weight excluding hydrogens is 336 g/mol. The zero-order valence-electron chi connectivity index (χ0n) is 16.6. The van der Waals surface area contributed by atoms with Crippen molar-refractivity contribution in [2.45, 2.75) is 64.7 Å². The fourth-order valence-electron chi connectivity index (χ4n) is 2.74. The smallest absolute Gasteiger partial charge is 0.321 e. The largest absolute Gasteiger partial charge is 0.469 e. The summed E-state index contributed by atoms with van der Waals surface area (Å²) in [6.07, 6.45) is 13.9. The van der Waals surface area contributed by atoms with Crippen molar-refractivity contribution in [3.8, 4) is 0 Å². The van der Waals surface area contributed by atoms with Crippen LogP contribution in [0.3, 0.4) is 0 Å². The highest BCUT2D eigenvalue weighted by Crippen LogP contribution is 2.20. The molecule has 1 unspecified atom stereocenters. The predicted molar refractivity (Wildman–Crippen MR) is 99.4 cm³/mol. The van der Waals surface area contributed by atoms with Gasteiger partial charge < -0.3 is 14.2 Å². The molecule has 0 saturated heterocycles. The van der Waals surface area contributed by atoms with E-state index in [2.05, 4.69) is 16.4 Å². The predicted octanol–water partition coefficient (Wildman–Crippen LogP) is 3.82. The topological polar surface area (TPSA) is 78.9 Å². The highest BCUT2D eigenvalue weighted by atomic mass is 16.5. The summed E-state index contributed by atoms with van der Waals surface area (Å²) in [5.41, 5.74) is 0. The maximum Gasteiger partial charge on any atom is 0.321 e. The van der Waals surface area contributed by atoms with Crippen LogP contribution in [-0.4, -0.2) is 39.2 Å². The quantitative estimate of drug-likeness (QED) is 0.152. The first kappa shape index (κ1) is 24.1. The van der Waals surface area contributed by atoms with Crippen LogP contribution in [-0.2, 0) is 28.6 Å². The molecule has 0 aliphatic rings. The third kappa shape index (κ3) is 9.59. The molecule has 6 heteroatoms. The van der Waals surface area contributed by atoms with E-state index in [0.717, 1.165) is 33.5 Å². The minimum absolute atomic E-state index is 0.669. The van der Waals surface area contributed by atoms with Gasteiger partial charge in [0.1, 0.15) is 0 Å². The van der Waals surface area contributed by atoms with Crippen LogP contribution in [0.1, 0.15) is 64.7 Å². The Kier molecular flexibility index (Phi) is 14.3. The van der Waals surface area contributed by atoms with Gasteiger partial charge in [-0.15, -0.1) is 0 Å². The molecule has 0 spiro atoms. The average Bonchev–Trinajstić information content (AvgIpc) is 2.66. The van der Waals surface area contributed by atoms with E-state index in [-0.39, 0.29) is 0 Å². The van der Waals surface area contributed by atoms with E-state index >= 15 is 0 Å². The summed E-state index contributed by atoms with van der Waals surface area (Å²) in [6, 6.07) is 0. The van der Waals surface area contributed by atoms with Gasteiger partial charge in [0, 0.05) is 0 Å². The van der Waals surface area contributed by atoms with Crippen molar-refractivity contribution < 1.29 is 28.6 Å². The van der Waals surface area contributed by atoms with Crippen molar-refractivity contribution in [3.05, 3.63) is 12.2 Å². The summed E-state index contributed by atoms with van der Waals surface area (Å²) in [6.45, 7) is 2.21. The number of methoxy groups -OCH3 is 3. The monoisotopic (exact) mass is 370 g/mol. The molecule has 0 aromatic carbocycles. The number of carbonyl (C=O) groups excluding carboxylic acids is 3. The Labute approximate surface area is 157 Å². The van der Waals surface area contributed by atoms with Crippen molar-refractivity contribution in [1.82, 2.24) is 0 Å². The van der Waals surface area contributed by atoms with Gasteiger partial charge in [-0.2, -0.15) is 0 Å². The standard InChI is InChI=1S/C20H34O6/c1-5-6-7-8-9-10-11-12-13-14-15-16(18(21)24-2)17(19(22)25-3)20(23)26-4/h14-17H,5-13H2,1-4H3/b15-14-. The molecule has 0 rings (SSSR count). The van der Waals surface area contributed by atoms with Crippen LogP contribution in [0.5, 0.6) is 0 Å². The maximum atomic E-state index is 12.0. The van der Waals surface area contributed by atoms with Gasteiger partial charge in [0.15, 0.2) is 5.92 Å². The van der Waals surface area contributed by atoms with Crippen LogP contribution in [0.15, 0.2) is 12.2 Å². The summed E-state index contributed by atoms with van der Waals surface area (Å²) < 4.78 is 14.0. The van der Waals surface area contributed by atoms with Gasteiger partial charge in [-0.05, 0) is 12.8 Å². The first-order chi connectivity index (χ1) is 12.5. The fraction of sp³-hybridized carbons (Fsp3) is 0.750. The Morgan fingerprint density at radius 1 is 0.731 bits per heavy atom. The summed E-state index contributed by atoms with van der Waals surface area (Å²) in [5.74, 6) is -4.70. The Morgan fingerprint density at radius 2 is 1.19 bits per heavy atom. The molecule has 0 aliphatic heterocycles. The van der Waals surface area contributed by atoms with Gasteiger partial charge in [-0.1, -0.05) is 64.0 Å². The lowest BCUT2D eigenvalue weighted by Crippen LogP contribution is -2.37. The molecule has 0 fully saturated rings. The first-order valence-electron chi connectivity index (χ1n) is 9.43. The summed E-state index contributed by atoms with van der Waals surface area (Å²) in [5, 5.41) is 0. The minimum atomic E-state index is -1.35. The molecule has 0 aromatic heterocycles.